The molecule has 3 aromatic rings. The maximum absolute atomic E-state index is 12.6. The summed E-state index contributed by atoms with van der Waals surface area (Å²) in [6.07, 6.45) is 2.20. The molecule has 0 N–H and O–H groups in total. The molecule has 2 heterocycles. The fourth-order valence-corrected chi connectivity index (χ4v) is 4.64. The Morgan fingerprint density at radius 1 is 1.04 bits per heavy atom. The van der Waals surface area contributed by atoms with Crippen LogP contribution in [-0.2, 0) is 10.0 Å². The minimum absolute atomic E-state index is 0.0512. The third-order valence-corrected chi connectivity index (χ3v) is 6.54. The molecule has 0 spiro atoms. The van der Waals surface area contributed by atoms with Crippen molar-refractivity contribution in [3.05, 3.63) is 66.9 Å². The number of hydrogen-bond acceptors (Lipinski definition) is 5. The molecule has 1 fully saturated rings. The van der Waals surface area contributed by atoms with Crippen LogP contribution in [0.3, 0.4) is 0 Å². The highest BCUT2D eigenvalue weighted by Crippen LogP contribution is 2.26. The van der Waals surface area contributed by atoms with Crippen LogP contribution in [-0.4, -0.2) is 49.3 Å². The summed E-state index contributed by atoms with van der Waals surface area (Å²) < 4.78 is 38.3. The van der Waals surface area contributed by atoms with E-state index in [9.17, 15) is 8.42 Å². The Hall–Kier alpha value is -2.64. The minimum atomic E-state index is -3.39. The first-order valence-electron chi connectivity index (χ1n) is 9.28. The maximum atomic E-state index is 12.6. The first-order chi connectivity index (χ1) is 13.6. The SMILES string of the molecule is O=S(=O)(CCOc1ccccc1)N1CCC(Oc2cccc3cccnc23)C1. The fourth-order valence-electron chi connectivity index (χ4n) is 3.31. The van der Waals surface area contributed by atoms with Crippen molar-refractivity contribution < 1.29 is 17.9 Å². The summed E-state index contributed by atoms with van der Waals surface area (Å²) in [7, 11) is -3.39. The van der Waals surface area contributed by atoms with Crippen molar-refractivity contribution in [3.63, 3.8) is 0 Å². The Balaban J connectivity index is 1.35. The predicted octanol–water partition coefficient (Wildman–Crippen LogP) is 3.10. The zero-order valence-electron chi connectivity index (χ0n) is 15.4. The van der Waals surface area contributed by atoms with Gasteiger partial charge in [-0.05, 0) is 30.7 Å². The van der Waals surface area contributed by atoms with Crippen molar-refractivity contribution in [2.75, 3.05) is 25.4 Å². The number of rotatable bonds is 7. The maximum Gasteiger partial charge on any atom is 0.217 e. The monoisotopic (exact) mass is 398 g/mol. The summed E-state index contributed by atoms with van der Waals surface area (Å²) in [5.41, 5.74) is 0.794. The van der Waals surface area contributed by atoms with Crippen LogP contribution in [0.2, 0.25) is 0 Å². The Kier molecular flexibility index (Phi) is 5.45. The van der Waals surface area contributed by atoms with Gasteiger partial charge in [0.05, 0.1) is 12.3 Å². The van der Waals surface area contributed by atoms with Gasteiger partial charge in [0.1, 0.15) is 29.7 Å². The summed E-state index contributed by atoms with van der Waals surface area (Å²) in [5, 5.41) is 1.00. The lowest BCUT2D eigenvalue weighted by Gasteiger charge is -2.18. The van der Waals surface area contributed by atoms with Crippen LogP contribution in [0.5, 0.6) is 11.5 Å². The molecule has 0 bridgehead atoms. The number of fused-ring (bicyclic) bond motifs is 1. The Morgan fingerprint density at radius 3 is 2.71 bits per heavy atom. The van der Waals surface area contributed by atoms with Crippen LogP contribution >= 0.6 is 0 Å². The number of ether oxygens (including phenoxy) is 2. The van der Waals surface area contributed by atoms with E-state index in [1.54, 1.807) is 6.20 Å². The summed E-state index contributed by atoms with van der Waals surface area (Å²) in [5.74, 6) is 1.31. The van der Waals surface area contributed by atoms with E-state index in [1.807, 2.05) is 60.7 Å². The van der Waals surface area contributed by atoms with Gasteiger partial charge in [-0.15, -0.1) is 0 Å². The second-order valence-electron chi connectivity index (χ2n) is 6.70. The van der Waals surface area contributed by atoms with Crippen molar-refractivity contribution in [3.8, 4) is 11.5 Å². The second kappa shape index (κ2) is 8.16. The van der Waals surface area contributed by atoms with Crippen LogP contribution in [0.15, 0.2) is 66.9 Å². The molecule has 28 heavy (non-hydrogen) atoms. The van der Waals surface area contributed by atoms with E-state index in [-0.39, 0.29) is 18.5 Å². The molecule has 6 nitrogen and oxygen atoms in total. The molecule has 1 aliphatic rings. The first-order valence-corrected chi connectivity index (χ1v) is 10.9. The molecule has 2 aromatic carbocycles. The van der Waals surface area contributed by atoms with Crippen LogP contribution < -0.4 is 9.47 Å². The largest absolute Gasteiger partial charge is 0.492 e. The number of nitrogens with zero attached hydrogens (tertiary/aromatic N) is 2. The third-order valence-electron chi connectivity index (χ3n) is 4.74. The zero-order valence-corrected chi connectivity index (χ0v) is 16.2. The molecular formula is C21H22N2O4S. The highest BCUT2D eigenvalue weighted by Gasteiger charge is 2.32. The van der Waals surface area contributed by atoms with E-state index in [0.717, 1.165) is 10.9 Å². The Bertz CT molecular complexity index is 1040. The van der Waals surface area contributed by atoms with Crippen molar-refractivity contribution in [2.24, 2.45) is 0 Å². The molecule has 1 unspecified atom stereocenters. The molecule has 1 saturated heterocycles. The molecule has 0 saturated carbocycles. The zero-order chi connectivity index (χ0) is 19.4. The van der Waals surface area contributed by atoms with Gasteiger partial charge in [-0.25, -0.2) is 8.42 Å². The summed E-state index contributed by atoms with van der Waals surface area (Å²) in [6.45, 7) is 0.926. The highest BCUT2D eigenvalue weighted by molar-refractivity contribution is 7.89. The number of para-hydroxylation sites is 2. The van der Waals surface area contributed by atoms with Gasteiger partial charge in [0.25, 0.3) is 0 Å². The second-order valence-corrected chi connectivity index (χ2v) is 8.78. The van der Waals surface area contributed by atoms with Crippen molar-refractivity contribution in [1.82, 2.24) is 9.29 Å². The molecule has 1 aliphatic heterocycles. The lowest BCUT2D eigenvalue weighted by Crippen LogP contribution is -2.34. The summed E-state index contributed by atoms with van der Waals surface area (Å²) in [4.78, 5) is 4.39. The lowest BCUT2D eigenvalue weighted by atomic mass is 10.2. The van der Waals surface area contributed by atoms with E-state index < -0.39 is 10.0 Å². The molecular weight excluding hydrogens is 376 g/mol. The van der Waals surface area contributed by atoms with Gasteiger partial charge in [0, 0.05) is 18.1 Å². The van der Waals surface area contributed by atoms with Crippen molar-refractivity contribution in [2.45, 2.75) is 12.5 Å². The number of pyridine rings is 1. The normalized spacial score (nSPS) is 17.6. The number of aromatic nitrogens is 1. The van der Waals surface area contributed by atoms with Gasteiger partial charge in [-0.3, -0.25) is 4.98 Å². The minimum Gasteiger partial charge on any atom is -0.492 e. The summed E-state index contributed by atoms with van der Waals surface area (Å²) in [6, 6.07) is 18.9. The quantitative estimate of drug-likeness (QED) is 0.612. The number of hydrogen-bond donors (Lipinski definition) is 0. The smallest absolute Gasteiger partial charge is 0.217 e. The lowest BCUT2D eigenvalue weighted by molar-refractivity contribution is 0.217. The molecule has 1 atom stereocenters. The Labute approximate surface area is 164 Å². The van der Waals surface area contributed by atoms with Gasteiger partial charge in [0.15, 0.2) is 0 Å². The van der Waals surface area contributed by atoms with E-state index in [2.05, 4.69) is 4.98 Å². The van der Waals surface area contributed by atoms with Gasteiger partial charge in [-0.2, -0.15) is 4.31 Å². The van der Waals surface area contributed by atoms with E-state index in [1.165, 1.54) is 4.31 Å². The van der Waals surface area contributed by atoms with Crippen molar-refractivity contribution in [1.29, 1.82) is 0 Å². The topological polar surface area (TPSA) is 68.7 Å². The standard InChI is InChI=1S/C21H22N2O4S/c24-28(25,15-14-26-18-8-2-1-3-9-18)23-13-11-19(16-23)27-20-10-4-6-17-7-5-12-22-21(17)20/h1-10,12,19H,11,13-16H2. The van der Waals surface area contributed by atoms with Gasteiger partial charge >= 0.3 is 0 Å². The van der Waals surface area contributed by atoms with Gasteiger partial charge in [0.2, 0.25) is 10.0 Å². The number of sulfonamides is 1. The molecule has 146 valence electrons. The predicted molar refractivity (Wildman–Crippen MR) is 108 cm³/mol. The van der Waals surface area contributed by atoms with Gasteiger partial charge in [-0.1, -0.05) is 36.4 Å². The molecule has 1 aromatic heterocycles. The molecule has 0 aliphatic carbocycles. The van der Waals surface area contributed by atoms with Crippen LogP contribution in [0.25, 0.3) is 10.9 Å². The number of benzene rings is 2. The Morgan fingerprint density at radius 2 is 1.86 bits per heavy atom. The van der Waals surface area contributed by atoms with Crippen LogP contribution in [0.1, 0.15) is 6.42 Å². The third kappa shape index (κ3) is 4.26. The van der Waals surface area contributed by atoms with Gasteiger partial charge < -0.3 is 9.47 Å². The molecule has 0 radical (unpaired) electrons. The van der Waals surface area contributed by atoms with E-state index in [4.69, 9.17) is 9.47 Å². The molecule has 7 heteroatoms. The molecule has 4 rings (SSSR count). The van der Waals surface area contributed by atoms with Crippen molar-refractivity contribution >= 4 is 20.9 Å². The fraction of sp³-hybridized carbons (Fsp3) is 0.286. The summed E-state index contributed by atoms with van der Waals surface area (Å²) >= 11 is 0. The molecule has 0 amide bonds. The van der Waals surface area contributed by atoms with E-state index in [0.29, 0.717) is 31.0 Å². The van der Waals surface area contributed by atoms with Crippen LogP contribution in [0, 0.1) is 0 Å². The first kappa shape index (κ1) is 18.7. The van der Waals surface area contributed by atoms with E-state index >= 15 is 0 Å². The highest BCUT2D eigenvalue weighted by atomic mass is 32.2. The van der Waals surface area contributed by atoms with Crippen LogP contribution in [0.4, 0.5) is 0 Å². The average molecular weight is 398 g/mol. The average Bonchev–Trinajstić information content (AvgIpc) is 3.19.